The third-order valence-electron chi connectivity index (χ3n) is 4.60. The zero-order valence-electron chi connectivity index (χ0n) is 17.4. The highest BCUT2D eigenvalue weighted by atomic mass is 35.5. The lowest BCUT2D eigenvalue weighted by molar-refractivity contribution is -0.115. The molecule has 6 nitrogen and oxygen atoms in total. The Kier molecular flexibility index (Phi) is 6.70. The lowest BCUT2D eigenvalue weighted by Crippen LogP contribution is -2.16. The number of rotatable bonds is 7. The SMILES string of the molecule is Cc1nn(CC(C)C)c(C)c1CC(=O)Nc1cc(Cl)ccc1Sc1nccn1C. The van der Waals surface area contributed by atoms with Gasteiger partial charge in [0, 0.05) is 47.2 Å². The van der Waals surface area contributed by atoms with Gasteiger partial charge in [0.15, 0.2) is 5.16 Å². The van der Waals surface area contributed by atoms with E-state index in [0.29, 0.717) is 16.6 Å². The number of anilines is 1. The van der Waals surface area contributed by atoms with E-state index in [1.165, 1.54) is 11.8 Å². The summed E-state index contributed by atoms with van der Waals surface area (Å²) in [5, 5.41) is 9.03. The Bertz CT molecular complexity index is 1020. The van der Waals surface area contributed by atoms with E-state index in [9.17, 15) is 4.79 Å². The van der Waals surface area contributed by atoms with Gasteiger partial charge < -0.3 is 9.88 Å². The second-order valence-electron chi connectivity index (χ2n) is 7.51. The van der Waals surface area contributed by atoms with Gasteiger partial charge in [-0.05, 0) is 49.7 Å². The molecule has 0 aliphatic rings. The van der Waals surface area contributed by atoms with E-state index in [4.69, 9.17) is 11.6 Å². The first-order chi connectivity index (χ1) is 13.7. The van der Waals surface area contributed by atoms with Crippen LogP contribution >= 0.6 is 23.4 Å². The fourth-order valence-electron chi connectivity index (χ4n) is 3.11. The Morgan fingerprint density at radius 1 is 1.31 bits per heavy atom. The molecule has 0 unspecified atom stereocenters. The van der Waals surface area contributed by atoms with Crippen molar-refractivity contribution in [3.8, 4) is 0 Å². The molecule has 0 aliphatic carbocycles. The van der Waals surface area contributed by atoms with Crippen LogP contribution in [0, 0.1) is 19.8 Å². The van der Waals surface area contributed by atoms with Gasteiger partial charge in [0.1, 0.15) is 0 Å². The molecule has 8 heteroatoms. The smallest absolute Gasteiger partial charge is 0.228 e. The Labute approximate surface area is 180 Å². The quantitative estimate of drug-likeness (QED) is 0.579. The number of imidazole rings is 1. The highest BCUT2D eigenvalue weighted by molar-refractivity contribution is 7.99. The normalized spacial score (nSPS) is 11.3. The molecule has 0 saturated carbocycles. The number of nitrogens with one attached hydrogen (secondary N) is 1. The lowest BCUT2D eigenvalue weighted by atomic mass is 10.1. The fraction of sp³-hybridized carbons (Fsp3) is 0.381. The molecule has 1 N–H and O–H groups in total. The van der Waals surface area contributed by atoms with E-state index in [1.54, 1.807) is 12.3 Å². The lowest BCUT2D eigenvalue weighted by Gasteiger charge is -2.12. The average molecular weight is 432 g/mol. The summed E-state index contributed by atoms with van der Waals surface area (Å²) in [7, 11) is 1.93. The van der Waals surface area contributed by atoms with Crippen LogP contribution in [0.2, 0.25) is 5.02 Å². The summed E-state index contributed by atoms with van der Waals surface area (Å²) >= 11 is 7.66. The number of aryl methyl sites for hydroxylation is 2. The molecule has 2 aromatic heterocycles. The van der Waals surface area contributed by atoms with Crippen molar-refractivity contribution in [2.75, 3.05) is 5.32 Å². The van der Waals surface area contributed by atoms with E-state index >= 15 is 0 Å². The van der Waals surface area contributed by atoms with E-state index in [1.807, 2.05) is 48.5 Å². The second kappa shape index (κ2) is 9.05. The topological polar surface area (TPSA) is 64.7 Å². The first kappa shape index (κ1) is 21.5. The van der Waals surface area contributed by atoms with Gasteiger partial charge in [-0.15, -0.1) is 0 Å². The molecular weight excluding hydrogens is 406 g/mol. The summed E-state index contributed by atoms with van der Waals surface area (Å²) in [5.74, 6) is 0.399. The van der Waals surface area contributed by atoms with E-state index in [-0.39, 0.29) is 12.3 Å². The Balaban J connectivity index is 1.78. The van der Waals surface area contributed by atoms with Gasteiger partial charge in [-0.25, -0.2) is 4.98 Å². The number of halogens is 1. The summed E-state index contributed by atoms with van der Waals surface area (Å²) < 4.78 is 3.92. The molecule has 1 aromatic carbocycles. The van der Waals surface area contributed by atoms with Gasteiger partial charge in [0.25, 0.3) is 0 Å². The highest BCUT2D eigenvalue weighted by Crippen LogP contribution is 2.34. The minimum atomic E-state index is -0.0933. The van der Waals surface area contributed by atoms with Crippen LogP contribution in [0.1, 0.15) is 30.8 Å². The predicted octanol–water partition coefficient (Wildman–Crippen LogP) is 4.88. The summed E-state index contributed by atoms with van der Waals surface area (Å²) in [6, 6.07) is 5.48. The third-order valence-corrected chi connectivity index (χ3v) is 5.99. The summed E-state index contributed by atoms with van der Waals surface area (Å²) in [5.41, 5.74) is 3.59. The standard InChI is InChI=1S/C21H26ClN5OS/c1-13(2)12-27-15(4)17(14(3)25-27)11-20(28)24-18-10-16(22)6-7-19(18)29-21-23-8-9-26(21)5/h6-10,13H,11-12H2,1-5H3,(H,24,28). The van der Waals surface area contributed by atoms with Crippen molar-refractivity contribution < 1.29 is 4.79 Å². The van der Waals surface area contributed by atoms with Crippen molar-refractivity contribution >= 4 is 35.0 Å². The average Bonchev–Trinajstić information content (AvgIpc) is 3.15. The van der Waals surface area contributed by atoms with Crippen molar-refractivity contribution in [2.45, 2.75) is 50.7 Å². The monoisotopic (exact) mass is 431 g/mol. The number of nitrogens with zero attached hydrogens (tertiary/aromatic N) is 4. The third kappa shape index (κ3) is 5.22. The molecule has 3 rings (SSSR count). The van der Waals surface area contributed by atoms with E-state index in [2.05, 4.69) is 29.2 Å². The number of carbonyl (C=O) groups is 1. The number of hydrogen-bond donors (Lipinski definition) is 1. The zero-order chi connectivity index (χ0) is 21.1. The second-order valence-corrected chi connectivity index (χ2v) is 8.96. The zero-order valence-corrected chi connectivity index (χ0v) is 18.9. The van der Waals surface area contributed by atoms with Gasteiger partial charge in [0.05, 0.1) is 17.8 Å². The number of benzene rings is 1. The predicted molar refractivity (Wildman–Crippen MR) is 118 cm³/mol. The minimum Gasteiger partial charge on any atom is -0.329 e. The molecule has 0 spiro atoms. The molecule has 0 atom stereocenters. The van der Waals surface area contributed by atoms with E-state index < -0.39 is 0 Å². The number of amides is 1. The van der Waals surface area contributed by atoms with Gasteiger partial charge in [-0.3, -0.25) is 9.48 Å². The molecule has 0 fully saturated rings. The number of hydrogen-bond acceptors (Lipinski definition) is 4. The molecule has 29 heavy (non-hydrogen) atoms. The fourth-order valence-corrected chi connectivity index (χ4v) is 4.15. The van der Waals surface area contributed by atoms with Gasteiger partial charge in [-0.2, -0.15) is 5.10 Å². The first-order valence-electron chi connectivity index (χ1n) is 9.52. The molecule has 0 aliphatic heterocycles. The van der Waals surface area contributed by atoms with Crippen molar-refractivity contribution in [1.29, 1.82) is 0 Å². The van der Waals surface area contributed by atoms with Crippen molar-refractivity contribution in [2.24, 2.45) is 13.0 Å². The van der Waals surface area contributed by atoms with Crippen LogP contribution in [0.4, 0.5) is 5.69 Å². The molecule has 154 valence electrons. The Morgan fingerprint density at radius 2 is 2.07 bits per heavy atom. The maximum absolute atomic E-state index is 12.8. The molecule has 0 radical (unpaired) electrons. The van der Waals surface area contributed by atoms with Gasteiger partial charge in [0.2, 0.25) is 5.91 Å². The number of carbonyl (C=O) groups excluding carboxylic acids is 1. The van der Waals surface area contributed by atoms with Crippen molar-refractivity contribution in [3.63, 3.8) is 0 Å². The van der Waals surface area contributed by atoms with Crippen LogP contribution in [0.5, 0.6) is 0 Å². The Hall–Kier alpha value is -2.25. The van der Waals surface area contributed by atoms with Crippen molar-refractivity contribution in [3.05, 3.63) is 52.6 Å². The molecule has 1 amide bonds. The highest BCUT2D eigenvalue weighted by Gasteiger charge is 2.17. The van der Waals surface area contributed by atoms with Crippen LogP contribution < -0.4 is 5.32 Å². The maximum atomic E-state index is 12.8. The van der Waals surface area contributed by atoms with Gasteiger partial charge in [-0.1, -0.05) is 25.4 Å². The molecular formula is C21H26ClN5OS. The molecule has 3 aromatic rings. The summed E-state index contributed by atoms with van der Waals surface area (Å²) in [6.45, 7) is 9.12. The Morgan fingerprint density at radius 3 is 2.72 bits per heavy atom. The van der Waals surface area contributed by atoms with Crippen LogP contribution in [0.25, 0.3) is 0 Å². The van der Waals surface area contributed by atoms with Crippen LogP contribution in [0.15, 0.2) is 40.6 Å². The van der Waals surface area contributed by atoms with Crippen molar-refractivity contribution in [1.82, 2.24) is 19.3 Å². The maximum Gasteiger partial charge on any atom is 0.228 e. The van der Waals surface area contributed by atoms with Crippen LogP contribution in [-0.2, 0) is 24.8 Å². The molecule has 0 bridgehead atoms. The van der Waals surface area contributed by atoms with Gasteiger partial charge >= 0.3 is 0 Å². The van der Waals surface area contributed by atoms with E-state index in [0.717, 1.165) is 33.5 Å². The number of aromatic nitrogens is 4. The van der Waals surface area contributed by atoms with Crippen LogP contribution in [-0.4, -0.2) is 25.2 Å². The summed E-state index contributed by atoms with van der Waals surface area (Å²) in [6.07, 6.45) is 3.91. The largest absolute Gasteiger partial charge is 0.329 e. The first-order valence-corrected chi connectivity index (χ1v) is 10.7. The molecule has 0 saturated heterocycles. The molecule has 2 heterocycles. The minimum absolute atomic E-state index is 0.0933. The van der Waals surface area contributed by atoms with Crippen LogP contribution in [0.3, 0.4) is 0 Å². The summed E-state index contributed by atoms with van der Waals surface area (Å²) in [4.78, 5) is 18.1.